The molecule has 3 aromatic rings. The number of nitrogens with zero attached hydrogens (tertiary/aromatic N) is 3. The summed E-state index contributed by atoms with van der Waals surface area (Å²) in [5.74, 6) is -0.0315. The van der Waals surface area contributed by atoms with Crippen LogP contribution in [0.25, 0.3) is 0 Å². The average molecular weight is 523 g/mol. The van der Waals surface area contributed by atoms with Crippen molar-refractivity contribution >= 4 is 46.5 Å². The summed E-state index contributed by atoms with van der Waals surface area (Å²) in [6, 6.07) is 12.1. The van der Waals surface area contributed by atoms with Crippen molar-refractivity contribution in [3.63, 3.8) is 0 Å². The van der Waals surface area contributed by atoms with Gasteiger partial charge in [-0.3, -0.25) is 9.59 Å². The number of aromatic nitrogens is 1. The molecular weight excluding hydrogens is 504 g/mol. The van der Waals surface area contributed by atoms with E-state index in [1.807, 2.05) is 4.90 Å². The fraction of sp³-hybridized carbons (Fsp3) is 0.208. The maximum absolute atomic E-state index is 12.8. The zero-order valence-corrected chi connectivity index (χ0v) is 19.7. The second-order valence-corrected chi connectivity index (χ2v) is 8.68. The summed E-state index contributed by atoms with van der Waals surface area (Å²) in [5, 5.41) is 3.39. The Hall–Kier alpha value is -3.30. The lowest BCUT2D eigenvalue weighted by Gasteiger charge is -2.35. The van der Waals surface area contributed by atoms with Crippen LogP contribution in [0, 0.1) is 0 Å². The van der Waals surface area contributed by atoms with Crippen molar-refractivity contribution < 1.29 is 22.8 Å². The third-order valence-corrected chi connectivity index (χ3v) is 6.08. The zero-order chi connectivity index (χ0) is 25.2. The second kappa shape index (κ2) is 10.1. The van der Waals surface area contributed by atoms with Crippen molar-refractivity contribution in [1.29, 1.82) is 0 Å². The average Bonchev–Trinajstić information content (AvgIpc) is 2.84. The van der Waals surface area contributed by atoms with Crippen LogP contribution in [0.4, 0.5) is 24.7 Å². The van der Waals surface area contributed by atoms with E-state index in [1.165, 1.54) is 12.3 Å². The molecular formula is C24H19Cl2F3N4O2. The highest BCUT2D eigenvalue weighted by atomic mass is 35.5. The number of pyridine rings is 1. The number of alkyl halides is 3. The molecule has 0 spiro atoms. The quantitative estimate of drug-likeness (QED) is 0.482. The Kier molecular flexibility index (Phi) is 7.18. The molecule has 2 aromatic carbocycles. The second-order valence-electron chi connectivity index (χ2n) is 7.84. The number of hydrogen-bond donors (Lipinski definition) is 1. The van der Waals surface area contributed by atoms with Gasteiger partial charge < -0.3 is 15.1 Å². The van der Waals surface area contributed by atoms with Gasteiger partial charge in [-0.05, 0) is 54.6 Å². The molecule has 0 unspecified atom stereocenters. The lowest BCUT2D eigenvalue weighted by molar-refractivity contribution is -0.137. The molecule has 0 radical (unpaired) electrons. The topological polar surface area (TPSA) is 65.5 Å². The summed E-state index contributed by atoms with van der Waals surface area (Å²) < 4.78 is 38.1. The van der Waals surface area contributed by atoms with Crippen LogP contribution in [0.15, 0.2) is 60.8 Å². The Morgan fingerprint density at radius 1 is 0.914 bits per heavy atom. The van der Waals surface area contributed by atoms with Crippen LogP contribution in [0.2, 0.25) is 10.0 Å². The van der Waals surface area contributed by atoms with Gasteiger partial charge in [0, 0.05) is 36.8 Å². The first-order chi connectivity index (χ1) is 16.6. The number of piperazine rings is 1. The van der Waals surface area contributed by atoms with Crippen LogP contribution in [0.3, 0.4) is 0 Å². The first-order valence-corrected chi connectivity index (χ1v) is 11.3. The Morgan fingerprint density at radius 3 is 2.17 bits per heavy atom. The first-order valence-electron chi connectivity index (χ1n) is 10.6. The molecule has 11 heteroatoms. The number of halogens is 5. The van der Waals surface area contributed by atoms with Gasteiger partial charge in [0.1, 0.15) is 5.82 Å². The van der Waals surface area contributed by atoms with E-state index in [0.29, 0.717) is 53.3 Å². The maximum atomic E-state index is 12.8. The first kappa shape index (κ1) is 24.8. The molecule has 1 aromatic heterocycles. The summed E-state index contributed by atoms with van der Waals surface area (Å²) in [4.78, 5) is 33.2. The number of carbonyl (C=O) groups excluding carboxylic acids is 2. The summed E-state index contributed by atoms with van der Waals surface area (Å²) in [5.41, 5.74) is 0.0856. The molecule has 35 heavy (non-hydrogen) atoms. The molecule has 0 aliphatic carbocycles. The fourth-order valence-corrected chi connectivity index (χ4v) is 4.12. The van der Waals surface area contributed by atoms with E-state index in [0.717, 1.165) is 24.3 Å². The van der Waals surface area contributed by atoms with Crippen molar-refractivity contribution in [2.45, 2.75) is 6.18 Å². The van der Waals surface area contributed by atoms with Gasteiger partial charge in [0.05, 0.1) is 28.0 Å². The number of rotatable bonds is 4. The molecule has 0 bridgehead atoms. The van der Waals surface area contributed by atoms with Crippen molar-refractivity contribution in [2.24, 2.45) is 0 Å². The fourth-order valence-electron chi connectivity index (χ4n) is 3.63. The highest BCUT2D eigenvalue weighted by Crippen LogP contribution is 2.29. The Bertz CT molecular complexity index is 1230. The van der Waals surface area contributed by atoms with E-state index in [-0.39, 0.29) is 11.5 Å². The third kappa shape index (κ3) is 5.86. The predicted octanol–water partition coefficient (Wildman–Crippen LogP) is 5.62. The number of anilines is 2. The van der Waals surface area contributed by atoms with E-state index >= 15 is 0 Å². The smallest absolute Gasteiger partial charge is 0.353 e. The summed E-state index contributed by atoms with van der Waals surface area (Å²) in [6.07, 6.45) is -2.99. The van der Waals surface area contributed by atoms with Gasteiger partial charge in [0.2, 0.25) is 0 Å². The molecule has 1 fully saturated rings. The minimum atomic E-state index is -4.46. The predicted molar refractivity (Wildman–Crippen MR) is 128 cm³/mol. The van der Waals surface area contributed by atoms with Crippen LogP contribution < -0.4 is 10.2 Å². The summed E-state index contributed by atoms with van der Waals surface area (Å²) >= 11 is 12.1. The van der Waals surface area contributed by atoms with Crippen LogP contribution in [0.5, 0.6) is 0 Å². The number of benzene rings is 2. The maximum Gasteiger partial charge on any atom is 0.416 e. The third-order valence-electron chi connectivity index (χ3n) is 5.53. The van der Waals surface area contributed by atoms with E-state index in [4.69, 9.17) is 23.2 Å². The molecule has 1 N–H and O–H groups in total. The zero-order valence-electron chi connectivity index (χ0n) is 18.1. The molecule has 182 valence electrons. The molecule has 2 heterocycles. The van der Waals surface area contributed by atoms with Gasteiger partial charge in [-0.2, -0.15) is 13.2 Å². The molecule has 1 aliphatic heterocycles. The van der Waals surface area contributed by atoms with Crippen molar-refractivity contribution in [2.75, 3.05) is 36.4 Å². The lowest BCUT2D eigenvalue weighted by Crippen LogP contribution is -2.49. The van der Waals surface area contributed by atoms with Gasteiger partial charge in [-0.25, -0.2) is 4.98 Å². The van der Waals surface area contributed by atoms with E-state index in [9.17, 15) is 22.8 Å². The highest BCUT2D eigenvalue weighted by molar-refractivity contribution is 6.36. The number of nitrogens with one attached hydrogen (secondary N) is 1. The van der Waals surface area contributed by atoms with Gasteiger partial charge in [-0.1, -0.05) is 23.2 Å². The minimum Gasteiger partial charge on any atom is -0.353 e. The molecule has 2 amide bonds. The number of amides is 2. The minimum absolute atomic E-state index is 0.101. The molecule has 6 nitrogen and oxygen atoms in total. The highest BCUT2D eigenvalue weighted by Gasteiger charge is 2.30. The lowest BCUT2D eigenvalue weighted by atomic mass is 10.1. The van der Waals surface area contributed by atoms with Gasteiger partial charge in [-0.15, -0.1) is 0 Å². The van der Waals surface area contributed by atoms with E-state index in [2.05, 4.69) is 10.3 Å². The molecule has 1 aliphatic rings. The van der Waals surface area contributed by atoms with Crippen LogP contribution >= 0.6 is 23.2 Å². The van der Waals surface area contributed by atoms with Crippen molar-refractivity contribution in [1.82, 2.24) is 9.88 Å². The molecule has 0 atom stereocenters. The van der Waals surface area contributed by atoms with Crippen LogP contribution in [-0.4, -0.2) is 47.9 Å². The van der Waals surface area contributed by atoms with Crippen LogP contribution in [-0.2, 0) is 6.18 Å². The van der Waals surface area contributed by atoms with E-state index in [1.54, 1.807) is 29.2 Å². The molecule has 1 saturated heterocycles. The Morgan fingerprint density at radius 2 is 1.60 bits per heavy atom. The largest absolute Gasteiger partial charge is 0.416 e. The molecule has 0 saturated carbocycles. The molecule has 4 rings (SSSR count). The summed E-state index contributed by atoms with van der Waals surface area (Å²) in [7, 11) is 0. The van der Waals surface area contributed by atoms with Crippen LogP contribution in [0.1, 0.15) is 26.3 Å². The summed E-state index contributed by atoms with van der Waals surface area (Å²) in [6.45, 7) is 2.07. The van der Waals surface area contributed by atoms with Crippen molar-refractivity contribution in [3.8, 4) is 0 Å². The van der Waals surface area contributed by atoms with Gasteiger partial charge >= 0.3 is 6.18 Å². The monoisotopic (exact) mass is 522 g/mol. The Balaban J connectivity index is 1.33. The Labute approximate surface area is 209 Å². The van der Waals surface area contributed by atoms with Gasteiger partial charge in [0.15, 0.2) is 0 Å². The number of hydrogen-bond acceptors (Lipinski definition) is 4. The number of carbonyl (C=O) groups is 2. The normalized spacial score (nSPS) is 14.1. The van der Waals surface area contributed by atoms with Gasteiger partial charge in [0.25, 0.3) is 11.8 Å². The SMILES string of the molecule is O=C(Nc1ccc(N2CCN(C(=O)c3ccc(Cl)cc3Cl)CC2)nc1)c1ccc(C(F)(F)F)cc1. The standard InChI is InChI=1S/C24H19Cl2F3N4O2/c25-17-5-7-19(20(26)13-17)23(35)33-11-9-32(10-12-33)21-8-6-18(14-30-21)31-22(34)15-1-3-16(4-2-15)24(27,28)29/h1-8,13-14H,9-12H2,(H,31,34). The van der Waals surface area contributed by atoms with E-state index < -0.39 is 17.6 Å². The van der Waals surface area contributed by atoms with Crippen molar-refractivity contribution in [3.05, 3.63) is 87.5 Å².